The lowest BCUT2D eigenvalue weighted by Gasteiger charge is -2.34. The average molecular weight is 303 g/mol. The molecule has 0 unspecified atom stereocenters. The van der Waals surface area contributed by atoms with Crippen LogP contribution in [0.2, 0.25) is 0 Å². The molecule has 8 heteroatoms. The number of rotatable bonds is 5. The molecule has 1 rings (SSSR count). The van der Waals surface area contributed by atoms with Crippen LogP contribution < -0.4 is 9.44 Å². The molecule has 1 saturated carbocycles. The molecule has 1 aliphatic carbocycles. The number of hydrogen-bond acceptors (Lipinski definition) is 5. The Hall–Kier alpha value is -1.33. The molecule has 2 N–H and O–H groups in total. The smallest absolute Gasteiger partial charge is 0.421 e. The van der Waals surface area contributed by atoms with Gasteiger partial charge in [-0.05, 0) is 38.5 Å². The monoisotopic (exact) mass is 303 g/mol. The Balaban J connectivity index is 2.69. The van der Waals surface area contributed by atoms with Crippen LogP contribution in [0.25, 0.3) is 0 Å². The van der Waals surface area contributed by atoms with E-state index in [2.05, 4.69) is 16.4 Å². The second-order valence-corrected chi connectivity index (χ2v) is 6.39. The largest absolute Gasteiger partial charge is 0.449 e. The molecule has 0 spiro atoms. The predicted molar refractivity (Wildman–Crippen MR) is 72.8 cm³/mol. The number of ether oxygens (including phenoxy) is 1. The highest BCUT2D eigenvalue weighted by Crippen LogP contribution is 2.33. The van der Waals surface area contributed by atoms with Crippen molar-refractivity contribution in [3.8, 4) is 6.07 Å². The molecule has 7 nitrogen and oxygen atoms in total. The van der Waals surface area contributed by atoms with E-state index in [1.165, 1.54) is 0 Å². The topological polar surface area (TPSA) is 108 Å². The summed E-state index contributed by atoms with van der Waals surface area (Å²) in [6.45, 7) is 3.72. The van der Waals surface area contributed by atoms with Gasteiger partial charge in [0, 0.05) is 0 Å². The van der Waals surface area contributed by atoms with E-state index < -0.39 is 21.8 Å². The quantitative estimate of drug-likeness (QED) is 0.798. The number of carbonyl (C=O) groups is 1. The standard InChI is InChI=1S/C12H21N3O4S/c1-3-10-5-7-12(9-13,8-6-10)15-20(17,18)14-11(16)19-4-2/h10,15H,3-8H2,1-2H3,(H,14,16). The third-order valence-electron chi connectivity index (χ3n) is 3.57. The second-order valence-electron chi connectivity index (χ2n) is 4.97. The van der Waals surface area contributed by atoms with Crippen molar-refractivity contribution in [1.29, 1.82) is 5.26 Å². The van der Waals surface area contributed by atoms with Gasteiger partial charge in [-0.3, -0.25) is 0 Å². The number of hydrogen-bond donors (Lipinski definition) is 2. The Morgan fingerprint density at radius 1 is 1.40 bits per heavy atom. The van der Waals surface area contributed by atoms with Gasteiger partial charge in [0.2, 0.25) is 0 Å². The van der Waals surface area contributed by atoms with Crippen LogP contribution in [-0.2, 0) is 14.9 Å². The molecule has 0 saturated heterocycles. The van der Waals surface area contributed by atoms with Crippen molar-refractivity contribution >= 4 is 16.3 Å². The molecule has 0 aromatic rings. The summed E-state index contributed by atoms with van der Waals surface area (Å²) in [5, 5.41) is 9.28. The summed E-state index contributed by atoms with van der Waals surface area (Å²) < 4.78 is 32.2. The van der Waals surface area contributed by atoms with Crippen molar-refractivity contribution in [2.45, 2.75) is 51.5 Å². The van der Waals surface area contributed by atoms with Crippen LogP contribution in [-0.4, -0.2) is 26.7 Å². The molecule has 114 valence electrons. The fourth-order valence-electron chi connectivity index (χ4n) is 2.37. The van der Waals surface area contributed by atoms with Gasteiger partial charge in [-0.2, -0.15) is 18.4 Å². The number of nitrogens with zero attached hydrogens (tertiary/aromatic N) is 1. The van der Waals surface area contributed by atoms with Crippen molar-refractivity contribution in [3.05, 3.63) is 0 Å². The van der Waals surface area contributed by atoms with Gasteiger partial charge < -0.3 is 4.74 Å². The molecule has 1 aliphatic rings. The van der Waals surface area contributed by atoms with Crippen LogP contribution in [0.4, 0.5) is 4.79 Å². The Kier molecular flexibility index (Phi) is 5.77. The van der Waals surface area contributed by atoms with Gasteiger partial charge in [0.05, 0.1) is 12.7 Å². The molecule has 0 atom stereocenters. The van der Waals surface area contributed by atoms with Crippen LogP contribution >= 0.6 is 0 Å². The molecular formula is C12H21N3O4S. The number of nitrogens with one attached hydrogen (secondary N) is 2. The highest BCUT2D eigenvalue weighted by atomic mass is 32.2. The fourth-order valence-corrected chi connectivity index (χ4v) is 3.46. The summed E-state index contributed by atoms with van der Waals surface area (Å²) in [6.07, 6.45) is 2.47. The van der Waals surface area contributed by atoms with E-state index in [1.807, 2.05) is 6.07 Å². The minimum absolute atomic E-state index is 0.0723. The molecule has 1 amide bonds. The Morgan fingerprint density at radius 3 is 2.45 bits per heavy atom. The van der Waals surface area contributed by atoms with Gasteiger partial charge in [-0.1, -0.05) is 13.3 Å². The van der Waals surface area contributed by atoms with Gasteiger partial charge in [-0.25, -0.2) is 9.52 Å². The van der Waals surface area contributed by atoms with E-state index >= 15 is 0 Å². The van der Waals surface area contributed by atoms with Crippen molar-refractivity contribution in [1.82, 2.24) is 9.44 Å². The summed E-state index contributed by atoms with van der Waals surface area (Å²) in [5.41, 5.74) is -1.13. The molecule has 0 heterocycles. The Labute approximate surface area is 119 Å². The van der Waals surface area contributed by atoms with Crippen LogP contribution in [0.5, 0.6) is 0 Å². The summed E-state index contributed by atoms with van der Waals surface area (Å²) in [5.74, 6) is 0.527. The van der Waals surface area contributed by atoms with Crippen LogP contribution in [0.15, 0.2) is 0 Å². The second kappa shape index (κ2) is 6.90. The Morgan fingerprint density at radius 2 is 2.00 bits per heavy atom. The third kappa shape index (κ3) is 4.65. The van der Waals surface area contributed by atoms with Crippen molar-refractivity contribution in [2.75, 3.05) is 6.61 Å². The molecule has 0 bridgehead atoms. The first-order valence-electron chi connectivity index (χ1n) is 6.76. The molecular weight excluding hydrogens is 282 g/mol. The maximum Gasteiger partial charge on any atom is 0.421 e. The molecule has 0 radical (unpaired) electrons. The normalized spacial score (nSPS) is 26.6. The molecule has 0 aromatic carbocycles. The zero-order chi connectivity index (χ0) is 15.2. The summed E-state index contributed by atoms with van der Waals surface area (Å²) >= 11 is 0. The number of amides is 1. The SMILES string of the molecule is CCOC(=O)NS(=O)(=O)NC1(C#N)CCC(CC)CC1. The van der Waals surface area contributed by atoms with E-state index in [0.717, 1.165) is 19.3 Å². The maximum atomic E-state index is 11.8. The van der Waals surface area contributed by atoms with E-state index in [-0.39, 0.29) is 6.61 Å². The highest BCUT2D eigenvalue weighted by molar-refractivity contribution is 7.88. The lowest BCUT2D eigenvalue weighted by molar-refractivity contribution is 0.158. The van der Waals surface area contributed by atoms with Crippen LogP contribution in [0, 0.1) is 17.2 Å². The summed E-state index contributed by atoms with van der Waals surface area (Å²) in [4.78, 5) is 11.2. The zero-order valence-corrected chi connectivity index (χ0v) is 12.6. The lowest BCUT2D eigenvalue weighted by atomic mass is 9.77. The number of carbonyl (C=O) groups excluding carboxylic acids is 1. The molecule has 0 aliphatic heterocycles. The van der Waals surface area contributed by atoms with Gasteiger partial charge in [-0.15, -0.1) is 0 Å². The lowest BCUT2D eigenvalue weighted by Crippen LogP contribution is -2.54. The first kappa shape index (κ1) is 16.7. The third-order valence-corrected chi connectivity index (χ3v) is 4.67. The summed E-state index contributed by atoms with van der Waals surface area (Å²) in [7, 11) is -4.09. The number of nitriles is 1. The van der Waals surface area contributed by atoms with Crippen molar-refractivity contribution in [3.63, 3.8) is 0 Å². The summed E-state index contributed by atoms with van der Waals surface area (Å²) in [6, 6.07) is 2.04. The van der Waals surface area contributed by atoms with Gasteiger partial charge in [0.25, 0.3) is 0 Å². The van der Waals surface area contributed by atoms with E-state index in [1.54, 1.807) is 11.6 Å². The van der Waals surface area contributed by atoms with E-state index in [4.69, 9.17) is 0 Å². The Bertz CT molecular complexity index is 475. The highest BCUT2D eigenvalue weighted by Gasteiger charge is 2.39. The van der Waals surface area contributed by atoms with Gasteiger partial charge in [0.15, 0.2) is 0 Å². The van der Waals surface area contributed by atoms with Gasteiger partial charge >= 0.3 is 16.3 Å². The molecule has 20 heavy (non-hydrogen) atoms. The van der Waals surface area contributed by atoms with Gasteiger partial charge in [0.1, 0.15) is 5.54 Å². The van der Waals surface area contributed by atoms with E-state index in [9.17, 15) is 18.5 Å². The molecule has 0 aromatic heterocycles. The van der Waals surface area contributed by atoms with Crippen molar-refractivity contribution in [2.24, 2.45) is 5.92 Å². The van der Waals surface area contributed by atoms with Crippen molar-refractivity contribution < 1.29 is 17.9 Å². The maximum absolute atomic E-state index is 11.8. The van der Waals surface area contributed by atoms with E-state index in [0.29, 0.717) is 18.8 Å². The van der Waals surface area contributed by atoms with Crippen LogP contribution in [0.1, 0.15) is 46.0 Å². The minimum Gasteiger partial charge on any atom is -0.449 e. The average Bonchev–Trinajstić information content (AvgIpc) is 2.38. The minimum atomic E-state index is -4.09. The van der Waals surface area contributed by atoms with Crippen LogP contribution in [0.3, 0.4) is 0 Å². The first-order valence-corrected chi connectivity index (χ1v) is 8.24. The fraction of sp³-hybridized carbons (Fsp3) is 0.833. The first-order chi connectivity index (χ1) is 9.36. The predicted octanol–water partition coefficient (Wildman–Crippen LogP) is 1.43. The molecule has 1 fully saturated rings. The zero-order valence-electron chi connectivity index (χ0n) is 11.8.